The van der Waals surface area contributed by atoms with Crippen LogP contribution in [0.3, 0.4) is 0 Å². The summed E-state index contributed by atoms with van der Waals surface area (Å²) in [5.74, 6) is 1.61. The van der Waals surface area contributed by atoms with Gasteiger partial charge in [0.05, 0.1) is 0 Å². The van der Waals surface area contributed by atoms with Crippen molar-refractivity contribution in [2.24, 2.45) is 10.9 Å². The molecule has 0 aromatic rings. The second-order valence-corrected chi connectivity index (χ2v) is 9.41. The number of aliphatic imine (C=N–C) groups is 1. The van der Waals surface area contributed by atoms with E-state index in [0.29, 0.717) is 5.92 Å². The van der Waals surface area contributed by atoms with Crippen LogP contribution in [0.15, 0.2) is 4.99 Å². The van der Waals surface area contributed by atoms with Crippen molar-refractivity contribution in [3.8, 4) is 0 Å². The molecule has 2 N–H and O–H groups in total. The average molecular weight is 424 g/mol. The molecule has 0 amide bonds. The molecule has 3 rings (SSSR count). The molecular weight excluding hydrogens is 378 g/mol. The Labute approximate surface area is 183 Å². The van der Waals surface area contributed by atoms with Crippen LogP contribution in [-0.4, -0.2) is 101 Å². The van der Waals surface area contributed by atoms with Gasteiger partial charge >= 0.3 is 0 Å². The maximum absolute atomic E-state index is 5.88. The molecule has 0 radical (unpaired) electrons. The SMILES string of the molecule is CN=C(NCCCOCC1CCOCC1)NCC1(N2CCCCC2)CCN(C)CC1. The lowest BCUT2D eigenvalue weighted by Crippen LogP contribution is -2.62. The minimum absolute atomic E-state index is 0.275. The molecule has 0 aliphatic carbocycles. The molecule has 0 aromatic heterocycles. The minimum atomic E-state index is 0.275. The summed E-state index contributed by atoms with van der Waals surface area (Å²) in [7, 11) is 4.12. The van der Waals surface area contributed by atoms with E-state index in [2.05, 4.69) is 32.5 Å². The number of piperidine rings is 2. The van der Waals surface area contributed by atoms with Crippen LogP contribution in [0.4, 0.5) is 0 Å². The van der Waals surface area contributed by atoms with Crippen LogP contribution in [-0.2, 0) is 9.47 Å². The molecule has 0 aromatic carbocycles. The number of ether oxygens (including phenoxy) is 2. The van der Waals surface area contributed by atoms with Gasteiger partial charge in [0.2, 0.25) is 0 Å². The summed E-state index contributed by atoms with van der Waals surface area (Å²) >= 11 is 0. The highest BCUT2D eigenvalue weighted by atomic mass is 16.5. The predicted molar refractivity (Wildman–Crippen MR) is 123 cm³/mol. The van der Waals surface area contributed by atoms with E-state index in [9.17, 15) is 0 Å². The summed E-state index contributed by atoms with van der Waals surface area (Å²) < 4.78 is 11.3. The number of nitrogens with zero attached hydrogens (tertiary/aromatic N) is 3. The van der Waals surface area contributed by atoms with Gasteiger partial charge in [-0.05, 0) is 84.1 Å². The molecule has 3 aliphatic heterocycles. The maximum atomic E-state index is 5.88. The molecule has 0 bridgehead atoms. The molecule has 3 heterocycles. The number of hydrogen-bond acceptors (Lipinski definition) is 5. The summed E-state index contributed by atoms with van der Waals surface area (Å²) in [6.07, 6.45) is 9.86. The standard InChI is InChI=1S/C23H45N5O2/c1-24-22(25-11-6-16-30-19-21-7-17-29-18-8-21)26-20-23(9-14-27(2)15-10-23)28-12-4-3-5-13-28/h21H,3-20H2,1-2H3,(H2,24,25,26). The van der Waals surface area contributed by atoms with E-state index in [4.69, 9.17) is 9.47 Å². The number of rotatable bonds is 9. The van der Waals surface area contributed by atoms with Crippen LogP contribution in [0.1, 0.15) is 51.4 Å². The smallest absolute Gasteiger partial charge is 0.191 e. The van der Waals surface area contributed by atoms with Crippen molar-refractivity contribution in [3.63, 3.8) is 0 Å². The monoisotopic (exact) mass is 423 g/mol. The van der Waals surface area contributed by atoms with Gasteiger partial charge < -0.3 is 25.0 Å². The third-order valence-corrected chi connectivity index (χ3v) is 7.21. The number of hydrogen-bond donors (Lipinski definition) is 2. The quantitative estimate of drug-likeness (QED) is 0.336. The molecule has 0 spiro atoms. The van der Waals surface area contributed by atoms with Crippen LogP contribution >= 0.6 is 0 Å². The highest BCUT2D eigenvalue weighted by Gasteiger charge is 2.39. The molecule has 0 unspecified atom stereocenters. The van der Waals surface area contributed by atoms with Crippen LogP contribution in [0.25, 0.3) is 0 Å². The fourth-order valence-electron chi connectivity index (χ4n) is 5.02. The Morgan fingerprint density at radius 1 is 1.07 bits per heavy atom. The first kappa shape index (κ1) is 23.8. The van der Waals surface area contributed by atoms with Gasteiger partial charge in [0, 0.05) is 52.1 Å². The normalized spacial score (nSPS) is 24.7. The van der Waals surface area contributed by atoms with Crippen LogP contribution in [0.2, 0.25) is 0 Å². The zero-order valence-corrected chi connectivity index (χ0v) is 19.5. The molecule has 3 aliphatic rings. The highest BCUT2D eigenvalue weighted by molar-refractivity contribution is 5.79. The van der Waals surface area contributed by atoms with Gasteiger partial charge in [-0.25, -0.2) is 0 Å². The molecule has 174 valence electrons. The largest absolute Gasteiger partial charge is 0.381 e. The second-order valence-electron chi connectivity index (χ2n) is 9.41. The molecule has 7 heteroatoms. The Kier molecular flexibility index (Phi) is 10.2. The third-order valence-electron chi connectivity index (χ3n) is 7.21. The fraction of sp³-hybridized carbons (Fsp3) is 0.957. The molecule has 0 saturated carbocycles. The molecular formula is C23H45N5O2. The lowest BCUT2D eigenvalue weighted by Gasteiger charge is -2.50. The molecule has 3 saturated heterocycles. The molecule has 7 nitrogen and oxygen atoms in total. The minimum Gasteiger partial charge on any atom is -0.381 e. The Morgan fingerprint density at radius 2 is 1.80 bits per heavy atom. The summed E-state index contributed by atoms with van der Waals surface area (Å²) in [6, 6.07) is 0. The summed E-state index contributed by atoms with van der Waals surface area (Å²) in [4.78, 5) is 9.71. The van der Waals surface area contributed by atoms with Gasteiger partial charge in [0.1, 0.15) is 0 Å². The van der Waals surface area contributed by atoms with E-state index in [-0.39, 0.29) is 5.54 Å². The van der Waals surface area contributed by atoms with Crippen molar-refractivity contribution in [2.45, 2.75) is 56.9 Å². The first-order valence-electron chi connectivity index (χ1n) is 12.3. The Bertz CT molecular complexity index is 496. The Morgan fingerprint density at radius 3 is 2.50 bits per heavy atom. The summed E-state index contributed by atoms with van der Waals surface area (Å²) in [6.45, 7) is 10.2. The van der Waals surface area contributed by atoms with Crippen molar-refractivity contribution in [1.29, 1.82) is 0 Å². The molecule has 0 atom stereocenters. The van der Waals surface area contributed by atoms with Crippen molar-refractivity contribution in [2.75, 3.05) is 79.8 Å². The molecule has 30 heavy (non-hydrogen) atoms. The summed E-state index contributed by atoms with van der Waals surface area (Å²) in [5.41, 5.74) is 0.275. The zero-order chi connectivity index (χ0) is 21.1. The van der Waals surface area contributed by atoms with E-state index in [1.807, 2.05) is 7.05 Å². The zero-order valence-electron chi connectivity index (χ0n) is 19.5. The predicted octanol–water partition coefficient (Wildman–Crippen LogP) is 1.94. The van der Waals surface area contributed by atoms with Crippen molar-refractivity contribution < 1.29 is 9.47 Å². The van der Waals surface area contributed by atoms with Crippen LogP contribution < -0.4 is 10.6 Å². The highest BCUT2D eigenvalue weighted by Crippen LogP contribution is 2.30. The first-order valence-corrected chi connectivity index (χ1v) is 12.3. The Hall–Kier alpha value is -0.890. The lowest BCUT2D eigenvalue weighted by molar-refractivity contribution is 0.0172. The van der Waals surface area contributed by atoms with Gasteiger partial charge in [-0.2, -0.15) is 0 Å². The van der Waals surface area contributed by atoms with E-state index < -0.39 is 0 Å². The van der Waals surface area contributed by atoms with Gasteiger partial charge in [0.25, 0.3) is 0 Å². The van der Waals surface area contributed by atoms with Crippen molar-refractivity contribution in [3.05, 3.63) is 0 Å². The van der Waals surface area contributed by atoms with E-state index in [0.717, 1.165) is 64.7 Å². The van der Waals surface area contributed by atoms with Gasteiger partial charge in [-0.3, -0.25) is 9.89 Å². The van der Waals surface area contributed by atoms with E-state index in [1.54, 1.807) is 0 Å². The van der Waals surface area contributed by atoms with Gasteiger partial charge in [-0.15, -0.1) is 0 Å². The van der Waals surface area contributed by atoms with Crippen LogP contribution in [0.5, 0.6) is 0 Å². The lowest BCUT2D eigenvalue weighted by atomic mass is 9.84. The maximum Gasteiger partial charge on any atom is 0.191 e. The average Bonchev–Trinajstić information content (AvgIpc) is 2.80. The van der Waals surface area contributed by atoms with Crippen molar-refractivity contribution in [1.82, 2.24) is 20.4 Å². The van der Waals surface area contributed by atoms with E-state index in [1.165, 1.54) is 58.3 Å². The van der Waals surface area contributed by atoms with E-state index >= 15 is 0 Å². The number of likely N-dealkylation sites (tertiary alicyclic amines) is 2. The van der Waals surface area contributed by atoms with Gasteiger partial charge in [0.15, 0.2) is 5.96 Å². The van der Waals surface area contributed by atoms with Crippen LogP contribution in [0, 0.1) is 5.92 Å². The molecule has 3 fully saturated rings. The topological polar surface area (TPSA) is 61.4 Å². The van der Waals surface area contributed by atoms with Gasteiger partial charge in [-0.1, -0.05) is 6.42 Å². The third kappa shape index (κ3) is 7.36. The number of guanidine groups is 1. The Balaban J connectivity index is 1.36. The second kappa shape index (κ2) is 12.8. The fourth-order valence-corrected chi connectivity index (χ4v) is 5.02. The first-order chi connectivity index (χ1) is 14.7. The number of nitrogens with one attached hydrogen (secondary N) is 2. The summed E-state index contributed by atoms with van der Waals surface area (Å²) in [5, 5.41) is 7.15. The van der Waals surface area contributed by atoms with Crippen molar-refractivity contribution >= 4 is 5.96 Å².